The molecule has 6 nitrogen and oxygen atoms in total. The second-order valence-electron chi connectivity index (χ2n) is 4.69. The first-order valence-corrected chi connectivity index (χ1v) is 6.51. The van der Waals surface area contributed by atoms with Crippen LogP contribution in [0.4, 0.5) is 5.69 Å². The van der Waals surface area contributed by atoms with Crippen molar-refractivity contribution in [2.45, 2.75) is 19.9 Å². The number of amides is 2. The molecule has 1 aromatic rings. The first-order chi connectivity index (χ1) is 9.45. The number of aliphatic hydroxyl groups excluding tert-OH is 1. The molecule has 0 saturated heterocycles. The zero-order valence-corrected chi connectivity index (χ0v) is 11.7. The van der Waals surface area contributed by atoms with Gasteiger partial charge in [0.15, 0.2) is 0 Å². The lowest BCUT2D eigenvalue weighted by atomic mass is 10.0. The number of hydrogen-bond donors (Lipinski definition) is 4. The fourth-order valence-electron chi connectivity index (χ4n) is 1.47. The van der Waals surface area contributed by atoms with Crippen LogP contribution < -0.4 is 16.4 Å². The molecule has 0 aliphatic rings. The predicted octanol–water partition coefficient (Wildman–Crippen LogP) is 0.330. The van der Waals surface area contributed by atoms with Gasteiger partial charge in [0.1, 0.15) is 0 Å². The highest BCUT2D eigenvalue weighted by molar-refractivity contribution is 5.96. The van der Waals surface area contributed by atoms with Crippen molar-refractivity contribution in [3.8, 4) is 0 Å². The van der Waals surface area contributed by atoms with E-state index in [1.165, 1.54) is 0 Å². The predicted molar refractivity (Wildman–Crippen MR) is 77.3 cm³/mol. The van der Waals surface area contributed by atoms with E-state index in [-0.39, 0.29) is 36.9 Å². The fraction of sp³-hybridized carbons (Fsp3) is 0.429. The summed E-state index contributed by atoms with van der Waals surface area (Å²) < 4.78 is 0. The molecule has 0 fully saturated rings. The van der Waals surface area contributed by atoms with Crippen LogP contribution in [0.1, 0.15) is 24.2 Å². The lowest BCUT2D eigenvalue weighted by Crippen LogP contribution is -2.34. The summed E-state index contributed by atoms with van der Waals surface area (Å²) in [5, 5.41) is 13.9. The van der Waals surface area contributed by atoms with Crippen LogP contribution in [-0.4, -0.2) is 36.1 Å². The molecule has 0 aliphatic carbocycles. The summed E-state index contributed by atoms with van der Waals surface area (Å²) in [5.74, 6) is -0.708. The van der Waals surface area contributed by atoms with E-state index in [1.807, 2.05) is 0 Å². The van der Waals surface area contributed by atoms with Crippen molar-refractivity contribution in [1.82, 2.24) is 5.32 Å². The van der Waals surface area contributed by atoms with E-state index >= 15 is 0 Å². The first-order valence-electron chi connectivity index (χ1n) is 6.51. The molecule has 0 aliphatic heterocycles. The van der Waals surface area contributed by atoms with Gasteiger partial charge in [0.05, 0.1) is 12.5 Å². The molecule has 0 spiro atoms. The Bertz CT molecular complexity index is 457. The first kappa shape index (κ1) is 16.1. The molecule has 5 N–H and O–H groups in total. The van der Waals surface area contributed by atoms with Gasteiger partial charge in [0.25, 0.3) is 5.91 Å². The fourth-order valence-corrected chi connectivity index (χ4v) is 1.47. The van der Waals surface area contributed by atoms with E-state index in [0.717, 1.165) is 0 Å². The molecule has 0 radical (unpaired) electrons. The summed E-state index contributed by atoms with van der Waals surface area (Å²) in [6, 6.07) is 6.30. The molecule has 0 heterocycles. The van der Waals surface area contributed by atoms with E-state index in [2.05, 4.69) is 10.6 Å². The maximum Gasteiger partial charge on any atom is 0.251 e. The summed E-state index contributed by atoms with van der Waals surface area (Å²) in [4.78, 5) is 23.4. The lowest BCUT2D eigenvalue weighted by molar-refractivity contribution is -0.119. The zero-order valence-electron chi connectivity index (χ0n) is 11.7. The van der Waals surface area contributed by atoms with E-state index in [1.54, 1.807) is 38.1 Å². The van der Waals surface area contributed by atoms with E-state index in [9.17, 15) is 9.59 Å². The van der Waals surface area contributed by atoms with Crippen molar-refractivity contribution in [2.75, 3.05) is 18.5 Å². The Hall–Kier alpha value is -1.92. The zero-order chi connectivity index (χ0) is 15.1. The Morgan fingerprint density at radius 1 is 1.25 bits per heavy atom. The van der Waals surface area contributed by atoms with Crippen molar-refractivity contribution in [1.29, 1.82) is 0 Å². The van der Waals surface area contributed by atoms with Crippen molar-refractivity contribution in [2.24, 2.45) is 11.7 Å². The third kappa shape index (κ3) is 4.64. The van der Waals surface area contributed by atoms with Crippen LogP contribution in [0.25, 0.3) is 0 Å². The van der Waals surface area contributed by atoms with Crippen molar-refractivity contribution < 1.29 is 14.7 Å². The number of carbonyl (C=O) groups is 2. The Balaban J connectivity index is 2.63. The average molecular weight is 279 g/mol. The molecule has 2 amide bonds. The summed E-state index contributed by atoms with van der Waals surface area (Å²) in [7, 11) is 0. The van der Waals surface area contributed by atoms with Gasteiger partial charge in [0, 0.05) is 23.8 Å². The van der Waals surface area contributed by atoms with Crippen molar-refractivity contribution in [3.63, 3.8) is 0 Å². The largest absolute Gasteiger partial charge is 0.395 e. The molecular formula is C14H21N3O3. The topological polar surface area (TPSA) is 104 Å². The number of nitrogens with one attached hydrogen (secondary N) is 2. The number of rotatable bonds is 6. The van der Waals surface area contributed by atoms with Gasteiger partial charge in [-0.25, -0.2) is 0 Å². The lowest BCUT2D eigenvalue weighted by Gasteiger charge is -2.15. The van der Waals surface area contributed by atoms with Crippen molar-refractivity contribution in [3.05, 3.63) is 29.8 Å². The van der Waals surface area contributed by atoms with E-state index in [4.69, 9.17) is 10.8 Å². The number of nitrogens with two attached hydrogens (primary N) is 1. The number of hydrogen-bond acceptors (Lipinski definition) is 4. The summed E-state index contributed by atoms with van der Waals surface area (Å²) in [6.07, 6.45) is 0. The van der Waals surface area contributed by atoms with Gasteiger partial charge < -0.3 is 21.5 Å². The Labute approximate surface area is 118 Å². The maximum atomic E-state index is 11.8. The Kier molecular flexibility index (Phi) is 6.14. The minimum absolute atomic E-state index is 0.102. The van der Waals surface area contributed by atoms with E-state index in [0.29, 0.717) is 11.3 Å². The highest BCUT2D eigenvalue weighted by Crippen LogP contribution is 2.12. The van der Waals surface area contributed by atoms with Gasteiger partial charge in [0.2, 0.25) is 5.91 Å². The SMILES string of the molecule is CC(N)C(C)C(=O)Nc1ccc(C(=O)NCCO)cc1. The van der Waals surface area contributed by atoms with Crippen LogP contribution >= 0.6 is 0 Å². The minimum Gasteiger partial charge on any atom is -0.395 e. The number of aliphatic hydroxyl groups is 1. The molecule has 2 atom stereocenters. The van der Waals surface area contributed by atoms with Gasteiger partial charge in [-0.3, -0.25) is 9.59 Å². The van der Waals surface area contributed by atoms with Gasteiger partial charge >= 0.3 is 0 Å². The highest BCUT2D eigenvalue weighted by Gasteiger charge is 2.17. The molecule has 0 saturated carbocycles. The molecule has 20 heavy (non-hydrogen) atoms. The van der Waals surface area contributed by atoms with Crippen LogP contribution in [0.15, 0.2) is 24.3 Å². The molecule has 110 valence electrons. The Morgan fingerprint density at radius 2 is 1.85 bits per heavy atom. The van der Waals surface area contributed by atoms with Crippen LogP contribution in [0.2, 0.25) is 0 Å². The van der Waals surface area contributed by atoms with Gasteiger partial charge in [-0.05, 0) is 31.2 Å². The normalized spacial score (nSPS) is 13.4. The molecule has 1 aromatic carbocycles. The molecule has 1 rings (SSSR count). The third-order valence-electron chi connectivity index (χ3n) is 3.01. The van der Waals surface area contributed by atoms with Crippen LogP contribution in [-0.2, 0) is 4.79 Å². The Morgan fingerprint density at radius 3 is 2.35 bits per heavy atom. The number of anilines is 1. The quantitative estimate of drug-likeness (QED) is 0.602. The summed E-state index contributed by atoms with van der Waals surface area (Å²) in [6.45, 7) is 3.65. The second-order valence-corrected chi connectivity index (χ2v) is 4.69. The minimum atomic E-state index is -0.289. The van der Waals surface area contributed by atoms with Crippen LogP contribution in [0, 0.1) is 5.92 Å². The standard InChI is InChI=1S/C14H21N3O3/c1-9(10(2)15)13(19)17-12-5-3-11(4-6-12)14(20)16-7-8-18/h3-6,9-10,18H,7-8,15H2,1-2H3,(H,16,20)(H,17,19). The molecular weight excluding hydrogens is 258 g/mol. The second kappa shape index (κ2) is 7.62. The third-order valence-corrected chi connectivity index (χ3v) is 3.01. The summed E-state index contributed by atoms with van der Waals surface area (Å²) >= 11 is 0. The summed E-state index contributed by atoms with van der Waals surface area (Å²) in [5.41, 5.74) is 6.75. The molecule has 6 heteroatoms. The number of benzene rings is 1. The monoisotopic (exact) mass is 279 g/mol. The smallest absolute Gasteiger partial charge is 0.251 e. The van der Waals surface area contributed by atoms with Crippen LogP contribution in [0.5, 0.6) is 0 Å². The average Bonchev–Trinajstić information content (AvgIpc) is 2.44. The number of carbonyl (C=O) groups excluding carboxylic acids is 2. The maximum absolute atomic E-state index is 11.8. The van der Waals surface area contributed by atoms with Crippen LogP contribution in [0.3, 0.4) is 0 Å². The molecule has 0 bridgehead atoms. The highest BCUT2D eigenvalue weighted by atomic mass is 16.3. The van der Waals surface area contributed by atoms with Gasteiger partial charge in [-0.15, -0.1) is 0 Å². The molecule has 2 unspecified atom stereocenters. The van der Waals surface area contributed by atoms with E-state index < -0.39 is 0 Å². The molecule has 0 aromatic heterocycles. The van der Waals surface area contributed by atoms with Gasteiger partial charge in [-0.1, -0.05) is 6.92 Å². The van der Waals surface area contributed by atoms with Gasteiger partial charge in [-0.2, -0.15) is 0 Å². The van der Waals surface area contributed by atoms with Crippen molar-refractivity contribution >= 4 is 17.5 Å².